The van der Waals surface area contributed by atoms with Crippen LogP contribution in [0, 0.1) is 5.41 Å². The van der Waals surface area contributed by atoms with Crippen molar-refractivity contribution in [1.29, 1.82) is 0 Å². The Morgan fingerprint density at radius 2 is 2.07 bits per heavy atom. The molecule has 0 aliphatic carbocycles. The number of hydrogen-bond acceptors (Lipinski definition) is 6. The zero-order valence-corrected chi connectivity index (χ0v) is 17.6. The van der Waals surface area contributed by atoms with Crippen LogP contribution in [0.3, 0.4) is 0 Å². The normalized spacial score (nSPS) is 21.5. The fourth-order valence-electron chi connectivity index (χ4n) is 4.40. The Hall–Kier alpha value is -2.83. The lowest BCUT2D eigenvalue weighted by Crippen LogP contribution is -2.52. The van der Waals surface area contributed by atoms with Crippen molar-refractivity contribution in [3.05, 3.63) is 35.7 Å². The number of benzene rings is 1. The van der Waals surface area contributed by atoms with Gasteiger partial charge in [-0.2, -0.15) is 5.10 Å². The highest BCUT2D eigenvalue weighted by Gasteiger charge is 2.45. The lowest BCUT2D eigenvalue weighted by molar-refractivity contribution is -0.141. The van der Waals surface area contributed by atoms with E-state index in [0.717, 1.165) is 16.6 Å². The van der Waals surface area contributed by atoms with E-state index in [2.05, 4.69) is 25.7 Å². The Morgan fingerprint density at radius 3 is 2.72 bits per heavy atom. The second-order valence-electron chi connectivity index (χ2n) is 8.66. The zero-order valence-electron chi connectivity index (χ0n) is 17.6. The number of nitrogens with zero attached hydrogens (tertiary/aromatic N) is 3. The highest BCUT2D eigenvalue weighted by Crippen LogP contribution is 2.45. The van der Waals surface area contributed by atoms with Gasteiger partial charge in [-0.25, -0.2) is 4.79 Å². The Morgan fingerprint density at radius 1 is 1.31 bits per heavy atom. The molecule has 3 heterocycles. The van der Waals surface area contributed by atoms with Crippen molar-refractivity contribution in [3.63, 3.8) is 0 Å². The third kappa shape index (κ3) is 3.09. The van der Waals surface area contributed by atoms with Gasteiger partial charge in [-0.15, -0.1) is 0 Å². The molecule has 0 saturated carbocycles. The summed E-state index contributed by atoms with van der Waals surface area (Å²) in [5.74, 6) is -0.0228. The predicted molar refractivity (Wildman–Crippen MR) is 108 cm³/mol. The number of ether oxygens (including phenoxy) is 2. The number of esters is 1. The van der Waals surface area contributed by atoms with Crippen LogP contribution in [-0.4, -0.2) is 46.2 Å². The molecule has 7 heteroatoms. The lowest BCUT2D eigenvalue weighted by atomic mass is 9.81. The average molecular weight is 397 g/mol. The second-order valence-corrected chi connectivity index (χ2v) is 8.66. The van der Waals surface area contributed by atoms with Gasteiger partial charge in [0, 0.05) is 18.0 Å². The molecule has 2 aromatic rings. The minimum Gasteiger partial charge on any atom is -0.494 e. The molecule has 1 aromatic heterocycles. The van der Waals surface area contributed by atoms with E-state index in [1.54, 1.807) is 20.2 Å². The van der Waals surface area contributed by atoms with Crippen LogP contribution < -0.4 is 4.74 Å². The minimum atomic E-state index is -0.547. The van der Waals surface area contributed by atoms with E-state index < -0.39 is 5.97 Å². The molecule has 2 unspecified atom stereocenters. The van der Waals surface area contributed by atoms with E-state index in [4.69, 9.17) is 14.6 Å². The third-order valence-electron chi connectivity index (χ3n) is 5.83. The van der Waals surface area contributed by atoms with Crippen molar-refractivity contribution >= 4 is 22.7 Å². The Labute approximate surface area is 170 Å². The Bertz CT molecular complexity index is 1010. The fraction of sp³-hybridized carbons (Fsp3) is 0.500. The number of Topliss-reactive ketones (excluding diaryl/α,β-unsaturated/α-hetero) is 1. The molecule has 4 rings (SSSR count). The fourth-order valence-corrected chi connectivity index (χ4v) is 4.40. The van der Waals surface area contributed by atoms with Crippen molar-refractivity contribution in [2.75, 3.05) is 13.7 Å². The quantitative estimate of drug-likeness (QED) is 0.585. The van der Waals surface area contributed by atoms with Gasteiger partial charge in [0.05, 0.1) is 38.0 Å². The summed E-state index contributed by atoms with van der Waals surface area (Å²) in [6.07, 6.45) is 1.93. The number of fused-ring (bicyclic) bond motifs is 5. The van der Waals surface area contributed by atoms with Gasteiger partial charge >= 0.3 is 5.97 Å². The highest BCUT2D eigenvalue weighted by atomic mass is 16.5. The molecule has 1 aromatic carbocycles. The lowest BCUT2D eigenvalue weighted by Gasteiger charge is -2.49. The van der Waals surface area contributed by atoms with Crippen LogP contribution in [0.15, 0.2) is 30.0 Å². The van der Waals surface area contributed by atoms with E-state index >= 15 is 0 Å². The molecule has 154 valence electrons. The van der Waals surface area contributed by atoms with Crippen molar-refractivity contribution < 1.29 is 19.1 Å². The second kappa shape index (κ2) is 6.90. The zero-order chi connectivity index (χ0) is 20.9. The number of ketones is 1. The molecule has 0 saturated heterocycles. The molecule has 0 N–H and O–H groups in total. The number of carbonyl (C=O) groups excluding carboxylic acids is 2. The van der Waals surface area contributed by atoms with Crippen LogP contribution in [0.1, 0.15) is 45.9 Å². The summed E-state index contributed by atoms with van der Waals surface area (Å²) in [7, 11) is 1.63. The molecule has 0 amide bonds. The van der Waals surface area contributed by atoms with Crippen LogP contribution in [0.2, 0.25) is 0 Å². The molecule has 0 spiro atoms. The summed E-state index contributed by atoms with van der Waals surface area (Å²) in [6, 6.07) is 5.73. The first-order valence-electron chi connectivity index (χ1n) is 9.99. The first kappa shape index (κ1) is 19.5. The highest BCUT2D eigenvalue weighted by molar-refractivity contribution is 6.18. The van der Waals surface area contributed by atoms with Gasteiger partial charge in [0.1, 0.15) is 16.8 Å². The van der Waals surface area contributed by atoms with Crippen LogP contribution in [0.5, 0.6) is 5.75 Å². The predicted octanol–water partition coefficient (Wildman–Crippen LogP) is 3.24. The SMILES string of the molecule is CCOC(=O)C1=CN2C(CC1=O)c1c3cccc(OC)c3nn1CC2C(C)(C)C. The summed E-state index contributed by atoms with van der Waals surface area (Å²) >= 11 is 0. The molecule has 0 radical (unpaired) electrons. The molecule has 2 aliphatic rings. The van der Waals surface area contributed by atoms with Gasteiger partial charge in [-0.1, -0.05) is 32.9 Å². The van der Waals surface area contributed by atoms with Crippen LogP contribution >= 0.6 is 0 Å². The van der Waals surface area contributed by atoms with E-state index in [1.165, 1.54) is 0 Å². The van der Waals surface area contributed by atoms with Gasteiger partial charge in [0.2, 0.25) is 0 Å². The van der Waals surface area contributed by atoms with E-state index in [1.807, 2.05) is 22.9 Å². The monoisotopic (exact) mass is 397 g/mol. The first-order chi connectivity index (χ1) is 13.8. The summed E-state index contributed by atoms with van der Waals surface area (Å²) in [5.41, 5.74) is 1.83. The average Bonchev–Trinajstić information content (AvgIpc) is 3.05. The minimum absolute atomic E-state index is 0.0674. The van der Waals surface area contributed by atoms with Crippen molar-refractivity contribution in [3.8, 4) is 5.75 Å². The number of carbonyl (C=O) groups is 2. The molecule has 0 fully saturated rings. The van der Waals surface area contributed by atoms with Crippen molar-refractivity contribution in [2.24, 2.45) is 5.41 Å². The molecule has 29 heavy (non-hydrogen) atoms. The number of aromatic nitrogens is 2. The molecule has 7 nitrogen and oxygen atoms in total. The van der Waals surface area contributed by atoms with Crippen LogP contribution in [0.4, 0.5) is 0 Å². The molecular weight excluding hydrogens is 370 g/mol. The summed E-state index contributed by atoms with van der Waals surface area (Å²) in [5, 5.41) is 5.81. The van der Waals surface area contributed by atoms with Crippen molar-refractivity contribution in [1.82, 2.24) is 14.7 Å². The maximum atomic E-state index is 12.9. The number of rotatable bonds is 3. The summed E-state index contributed by atoms with van der Waals surface area (Å²) in [4.78, 5) is 27.4. The van der Waals surface area contributed by atoms with Gasteiger partial charge in [0.15, 0.2) is 5.78 Å². The summed E-state index contributed by atoms with van der Waals surface area (Å²) < 4.78 is 12.6. The topological polar surface area (TPSA) is 73.7 Å². The molecule has 0 bridgehead atoms. The standard InChI is InChI=1S/C22H27N3O4/c1-6-29-21(27)14-11-24-15(10-16(14)26)20-13-8-7-9-17(28-5)19(13)23-25(20)12-18(24)22(2,3)4/h7-9,11,15,18H,6,10,12H2,1-5H3. The Balaban J connectivity index is 1.90. The molecule has 2 aliphatic heterocycles. The summed E-state index contributed by atoms with van der Waals surface area (Å²) in [6.45, 7) is 9.14. The smallest absolute Gasteiger partial charge is 0.343 e. The van der Waals surface area contributed by atoms with Gasteiger partial charge < -0.3 is 14.4 Å². The van der Waals surface area contributed by atoms with E-state index in [-0.39, 0.29) is 41.9 Å². The third-order valence-corrected chi connectivity index (χ3v) is 5.83. The van der Waals surface area contributed by atoms with Gasteiger partial charge in [-0.3, -0.25) is 9.48 Å². The van der Waals surface area contributed by atoms with E-state index in [9.17, 15) is 9.59 Å². The molecule has 2 atom stereocenters. The first-order valence-corrected chi connectivity index (χ1v) is 9.99. The van der Waals surface area contributed by atoms with E-state index in [0.29, 0.717) is 12.3 Å². The maximum absolute atomic E-state index is 12.9. The van der Waals surface area contributed by atoms with Gasteiger partial charge in [0.25, 0.3) is 0 Å². The maximum Gasteiger partial charge on any atom is 0.343 e. The Kier molecular flexibility index (Phi) is 4.63. The van der Waals surface area contributed by atoms with Gasteiger partial charge in [-0.05, 0) is 18.4 Å². The molecular formula is C22H27N3O4. The van der Waals surface area contributed by atoms with Crippen molar-refractivity contribution in [2.45, 2.75) is 52.7 Å². The van der Waals surface area contributed by atoms with Crippen LogP contribution in [-0.2, 0) is 20.9 Å². The largest absolute Gasteiger partial charge is 0.494 e. The van der Waals surface area contributed by atoms with Crippen LogP contribution in [0.25, 0.3) is 10.9 Å². The number of hydrogen-bond donors (Lipinski definition) is 0. The number of methoxy groups -OCH3 is 1.